The molecule has 0 saturated heterocycles. The molecule has 3 rings (SSSR count). The van der Waals surface area contributed by atoms with E-state index in [-0.39, 0.29) is 4.90 Å². The molecule has 25 heavy (non-hydrogen) atoms. The second-order valence-electron chi connectivity index (χ2n) is 6.83. The molecule has 1 aromatic heterocycles. The summed E-state index contributed by atoms with van der Waals surface area (Å²) < 4.78 is 30.3. The van der Waals surface area contributed by atoms with Crippen molar-refractivity contribution in [1.29, 1.82) is 0 Å². The lowest BCUT2D eigenvalue weighted by molar-refractivity contribution is 0.412. The molecule has 0 radical (unpaired) electrons. The molecule has 0 spiro atoms. The van der Waals surface area contributed by atoms with E-state index in [0.29, 0.717) is 24.8 Å². The first-order valence-electron chi connectivity index (χ1n) is 8.76. The van der Waals surface area contributed by atoms with E-state index in [1.54, 1.807) is 6.20 Å². The zero-order valence-electron chi connectivity index (χ0n) is 14.9. The number of likely N-dealkylation sites (N-methyl/N-ethyl adjacent to an activating group) is 1. The number of aromatic nitrogens is 2. The molecule has 0 bridgehead atoms. The summed E-state index contributed by atoms with van der Waals surface area (Å²) in [6.07, 6.45) is 6.17. The van der Waals surface area contributed by atoms with Gasteiger partial charge in [-0.25, -0.2) is 13.1 Å². The number of sulfonamides is 1. The van der Waals surface area contributed by atoms with Crippen LogP contribution in [0.4, 0.5) is 0 Å². The first-order chi connectivity index (χ1) is 12.0. The van der Waals surface area contributed by atoms with E-state index in [2.05, 4.69) is 9.82 Å². The zero-order valence-corrected chi connectivity index (χ0v) is 15.7. The fourth-order valence-corrected chi connectivity index (χ4v) is 4.38. The average Bonchev–Trinajstić information content (AvgIpc) is 3.25. The average molecular weight is 362 g/mol. The predicted octanol–water partition coefficient (Wildman–Crippen LogP) is 2.51. The molecule has 1 heterocycles. The van der Waals surface area contributed by atoms with Crippen molar-refractivity contribution < 1.29 is 8.42 Å². The molecular formula is C18H26N4O2S. The number of rotatable bonds is 7. The summed E-state index contributed by atoms with van der Waals surface area (Å²) in [4.78, 5) is 2.21. The summed E-state index contributed by atoms with van der Waals surface area (Å²) in [5, 5.41) is 4.66. The molecule has 0 atom stereocenters. The highest BCUT2D eigenvalue weighted by Crippen LogP contribution is 2.33. The molecule has 7 heteroatoms. The summed E-state index contributed by atoms with van der Waals surface area (Å²) in [6, 6.07) is 9.83. The molecule has 136 valence electrons. The Morgan fingerprint density at radius 3 is 2.52 bits per heavy atom. The zero-order chi connectivity index (χ0) is 17.9. The second kappa shape index (κ2) is 7.68. The topological polar surface area (TPSA) is 67.2 Å². The Labute approximate surface area is 149 Å². The van der Waals surface area contributed by atoms with Crippen molar-refractivity contribution in [3.63, 3.8) is 0 Å². The van der Waals surface area contributed by atoms with Crippen LogP contribution in [0.2, 0.25) is 0 Å². The summed E-state index contributed by atoms with van der Waals surface area (Å²) >= 11 is 0. The van der Waals surface area contributed by atoms with E-state index < -0.39 is 10.0 Å². The van der Waals surface area contributed by atoms with E-state index in [1.807, 2.05) is 54.0 Å². The minimum atomic E-state index is -3.60. The van der Waals surface area contributed by atoms with Crippen LogP contribution in [0.3, 0.4) is 0 Å². The van der Waals surface area contributed by atoms with Crippen molar-refractivity contribution in [2.75, 3.05) is 27.2 Å². The number of hydrogen-bond acceptors (Lipinski definition) is 4. The van der Waals surface area contributed by atoms with Crippen molar-refractivity contribution in [3.05, 3.63) is 36.5 Å². The molecule has 0 amide bonds. The smallest absolute Gasteiger partial charge is 0.244 e. The minimum absolute atomic E-state index is 0.268. The van der Waals surface area contributed by atoms with E-state index in [1.165, 1.54) is 12.8 Å². The van der Waals surface area contributed by atoms with Crippen molar-refractivity contribution >= 4 is 10.0 Å². The Morgan fingerprint density at radius 1 is 1.20 bits per heavy atom. The van der Waals surface area contributed by atoms with Gasteiger partial charge < -0.3 is 4.90 Å². The van der Waals surface area contributed by atoms with Gasteiger partial charge in [0.1, 0.15) is 10.6 Å². The highest BCUT2D eigenvalue weighted by molar-refractivity contribution is 7.89. The Bertz CT molecular complexity index is 794. The van der Waals surface area contributed by atoms with Crippen LogP contribution in [-0.2, 0) is 10.0 Å². The number of benzene rings is 1. The Balaban J connectivity index is 1.95. The Morgan fingerprint density at radius 2 is 1.88 bits per heavy atom. The first kappa shape index (κ1) is 18.1. The van der Waals surface area contributed by atoms with Crippen molar-refractivity contribution in [1.82, 2.24) is 19.4 Å². The Hall–Kier alpha value is -1.70. The third-order valence-corrected chi connectivity index (χ3v) is 6.05. The summed E-state index contributed by atoms with van der Waals surface area (Å²) in [6.45, 7) is 1.02. The number of nitrogens with zero attached hydrogens (tertiary/aromatic N) is 3. The van der Waals surface area contributed by atoms with Gasteiger partial charge in [0, 0.05) is 24.8 Å². The third kappa shape index (κ3) is 4.29. The van der Waals surface area contributed by atoms with Gasteiger partial charge in [-0.1, -0.05) is 43.2 Å². The molecule has 0 aliphatic heterocycles. The second-order valence-corrected chi connectivity index (χ2v) is 8.56. The molecule has 0 unspecified atom stereocenters. The minimum Gasteiger partial charge on any atom is -0.308 e. The van der Waals surface area contributed by atoms with Crippen LogP contribution in [0, 0.1) is 0 Å². The fraction of sp³-hybridized carbons (Fsp3) is 0.500. The molecule has 1 saturated carbocycles. The van der Waals surface area contributed by atoms with Crippen LogP contribution in [0.25, 0.3) is 11.3 Å². The molecule has 1 fully saturated rings. The van der Waals surface area contributed by atoms with Crippen LogP contribution in [0.5, 0.6) is 0 Å². The molecule has 1 aliphatic rings. The van der Waals surface area contributed by atoms with Gasteiger partial charge in [0.15, 0.2) is 0 Å². The van der Waals surface area contributed by atoms with Gasteiger partial charge in [-0.3, -0.25) is 4.68 Å². The maximum Gasteiger partial charge on any atom is 0.244 e. The summed E-state index contributed by atoms with van der Waals surface area (Å²) in [7, 11) is 0.233. The highest BCUT2D eigenvalue weighted by Gasteiger charge is 2.26. The van der Waals surface area contributed by atoms with Crippen molar-refractivity contribution in [2.24, 2.45) is 0 Å². The highest BCUT2D eigenvalue weighted by atomic mass is 32.2. The molecule has 1 N–H and O–H groups in total. The van der Waals surface area contributed by atoms with Gasteiger partial charge in [0.25, 0.3) is 0 Å². The van der Waals surface area contributed by atoms with E-state index in [4.69, 9.17) is 0 Å². The molecule has 1 aromatic carbocycles. The van der Waals surface area contributed by atoms with Crippen LogP contribution in [0.1, 0.15) is 31.7 Å². The third-order valence-electron chi connectivity index (χ3n) is 4.59. The molecular weight excluding hydrogens is 336 g/mol. The van der Waals surface area contributed by atoms with Gasteiger partial charge in [0.05, 0.1) is 6.04 Å². The number of hydrogen-bond donors (Lipinski definition) is 1. The fourth-order valence-electron chi connectivity index (χ4n) is 3.20. The lowest BCUT2D eigenvalue weighted by Gasteiger charge is -2.11. The number of nitrogens with one attached hydrogen (secondary N) is 1. The normalized spacial score (nSPS) is 16.0. The van der Waals surface area contributed by atoms with Gasteiger partial charge in [-0.05, 0) is 26.9 Å². The standard InChI is InChI=1S/C18H26N4O2S/c1-21(2)13-12-19-25(23,24)17-14-22(16-10-6-7-11-16)20-18(17)15-8-4-3-5-9-15/h3-5,8-9,14,16,19H,6-7,10-13H2,1-2H3. The van der Waals surface area contributed by atoms with Gasteiger partial charge in [-0.15, -0.1) is 0 Å². The van der Waals surface area contributed by atoms with Crippen LogP contribution < -0.4 is 4.72 Å². The van der Waals surface area contributed by atoms with Crippen LogP contribution in [-0.4, -0.2) is 50.3 Å². The maximum atomic E-state index is 12.9. The van der Waals surface area contributed by atoms with Gasteiger partial charge >= 0.3 is 0 Å². The van der Waals surface area contributed by atoms with E-state index in [0.717, 1.165) is 18.4 Å². The monoisotopic (exact) mass is 362 g/mol. The lowest BCUT2D eigenvalue weighted by atomic mass is 10.2. The molecule has 2 aromatic rings. The first-order valence-corrected chi connectivity index (χ1v) is 10.2. The summed E-state index contributed by atoms with van der Waals surface area (Å²) in [5.74, 6) is 0. The maximum absolute atomic E-state index is 12.9. The van der Waals surface area contributed by atoms with Crippen LogP contribution in [0.15, 0.2) is 41.4 Å². The summed E-state index contributed by atoms with van der Waals surface area (Å²) in [5.41, 5.74) is 1.36. The van der Waals surface area contributed by atoms with Crippen molar-refractivity contribution in [2.45, 2.75) is 36.6 Å². The molecule has 6 nitrogen and oxygen atoms in total. The predicted molar refractivity (Wildman–Crippen MR) is 98.9 cm³/mol. The largest absolute Gasteiger partial charge is 0.308 e. The SMILES string of the molecule is CN(C)CCNS(=O)(=O)c1cn(C2CCCC2)nc1-c1ccccc1. The van der Waals surface area contributed by atoms with E-state index in [9.17, 15) is 8.42 Å². The Kier molecular flexibility index (Phi) is 5.56. The van der Waals surface area contributed by atoms with Gasteiger partial charge in [-0.2, -0.15) is 5.10 Å². The quantitative estimate of drug-likeness (QED) is 0.822. The van der Waals surface area contributed by atoms with Crippen molar-refractivity contribution in [3.8, 4) is 11.3 Å². The van der Waals surface area contributed by atoms with E-state index >= 15 is 0 Å². The lowest BCUT2D eigenvalue weighted by Crippen LogP contribution is -2.31. The molecule has 1 aliphatic carbocycles. The van der Waals surface area contributed by atoms with Gasteiger partial charge in [0.2, 0.25) is 10.0 Å². The van der Waals surface area contributed by atoms with Crippen LogP contribution >= 0.6 is 0 Å².